The third-order valence-electron chi connectivity index (χ3n) is 5.01. The maximum absolute atomic E-state index is 14.4. The molecule has 2 N–H and O–H groups in total. The van der Waals surface area contributed by atoms with Crippen molar-refractivity contribution in [2.45, 2.75) is 6.10 Å². The molecule has 3 aromatic rings. The lowest BCUT2D eigenvalue weighted by Gasteiger charge is -2.45. The molecule has 6 nitrogen and oxygen atoms in total. The van der Waals surface area contributed by atoms with E-state index >= 15 is 0 Å². The zero-order chi connectivity index (χ0) is 19.0. The van der Waals surface area contributed by atoms with Crippen LogP contribution in [0.3, 0.4) is 0 Å². The number of rotatable bonds is 3. The topological polar surface area (TPSA) is 89.0 Å². The van der Waals surface area contributed by atoms with Gasteiger partial charge in [0.1, 0.15) is 11.8 Å². The van der Waals surface area contributed by atoms with E-state index in [0.717, 1.165) is 20.9 Å². The molecule has 27 heavy (non-hydrogen) atoms. The van der Waals surface area contributed by atoms with Gasteiger partial charge in [0, 0.05) is 23.8 Å². The maximum atomic E-state index is 14.4. The van der Waals surface area contributed by atoms with Crippen molar-refractivity contribution in [3.63, 3.8) is 0 Å². The number of halogens is 1. The minimum Gasteiger partial charge on any atom is -0.627 e. The predicted molar refractivity (Wildman–Crippen MR) is 106 cm³/mol. The molecule has 0 aliphatic carbocycles. The van der Waals surface area contributed by atoms with Gasteiger partial charge in [-0.2, -0.15) is 5.10 Å². The van der Waals surface area contributed by atoms with Crippen molar-refractivity contribution in [3.8, 4) is 0 Å². The van der Waals surface area contributed by atoms with Gasteiger partial charge in [-0.3, -0.25) is 4.79 Å². The second-order valence-corrected chi connectivity index (χ2v) is 8.18. The van der Waals surface area contributed by atoms with Crippen molar-refractivity contribution in [2.24, 2.45) is 0 Å². The number of benzene rings is 2. The first-order valence-electron chi connectivity index (χ1n) is 8.74. The zero-order valence-corrected chi connectivity index (χ0v) is 15.5. The molecule has 2 aromatic carbocycles. The lowest BCUT2D eigenvalue weighted by molar-refractivity contribution is 0.215. The summed E-state index contributed by atoms with van der Waals surface area (Å²) in [5.41, 5.74) is 0.335. The number of quaternary nitrogens is 1. The van der Waals surface area contributed by atoms with Gasteiger partial charge < -0.3 is 15.0 Å². The first kappa shape index (κ1) is 18.2. The van der Waals surface area contributed by atoms with E-state index < -0.39 is 16.6 Å². The van der Waals surface area contributed by atoms with E-state index in [1.165, 1.54) is 18.2 Å². The second-order valence-electron chi connectivity index (χ2n) is 6.68. The summed E-state index contributed by atoms with van der Waals surface area (Å²) < 4.78 is 13.7. The Morgan fingerprint density at radius 2 is 1.89 bits per heavy atom. The summed E-state index contributed by atoms with van der Waals surface area (Å²) in [4.78, 5) is 11.9. The Hall–Kier alpha value is -2.18. The number of H-pyrrole nitrogens is 1. The van der Waals surface area contributed by atoms with E-state index in [4.69, 9.17) is 0 Å². The fourth-order valence-corrected chi connectivity index (χ4v) is 4.80. The highest BCUT2D eigenvalue weighted by Gasteiger charge is 2.28. The van der Waals surface area contributed by atoms with Gasteiger partial charge in [-0.05, 0) is 17.7 Å². The van der Waals surface area contributed by atoms with Gasteiger partial charge in [0.2, 0.25) is 0 Å². The van der Waals surface area contributed by atoms with E-state index in [1.54, 1.807) is 24.3 Å². The summed E-state index contributed by atoms with van der Waals surface area (Å²) in [5.74, 6) is -0.564. The Morgan fingerprint density at radius 1 is 1.19 bits per heavy atom. The molecule has 1 aromatic heterocycles. The van der Waals surface area contributed by atoms with E-state index in [2.05, 4.69) is 10.2 Å². The number of aliphatic hydroxyl groups excluding tert-OH is 1. The summed E-state index contributed by atoms with van der Waals surface area (Å²) in [6.07, 6.45) is 0.369. The number of nitrogens with zero attached hydrogens (tertiary/aromatic N) is 2. The van der Waals surface area contributed by atoms with Gasteiger partial charge in [-0.1, -0.05) is 24.3 Å². The smallest absolute Gasteiger partial charge is 0.272 e. The van der Waals surface area contributed by atoms with E-state index in [9.17, 15) is 19.5 Å². The first-order chi connectivity index (χ1) is 13.0. The fraction of sp³-hybridized carbons (Fsp3) is 0.263. The highest BCUT2D eigenvalue weighted by molar-refractivity contribution is 7.38. The minimum atomic E-state index is -1.19. The van der Waals surface area contributed by atoms with Gasteiger partial charge in [-0.15, -0.1) is 8.58 Å². The Balaban J connectivity index is 1.80. The Bertz CT molecular complexity index is 1050. The molecule has 8 heteroatoms. The number of hydroxylamine groups is 2. The Kier molecular flexibility index (Phi) is 4.78. The number of hydrogen-bond donors (Lipinski definition) is 2. The minimum absolute atomic E-state index is 0.0461. The molecule has 140 valence electrons. The number of nitrogens with one attached hydrogen (secondary N) is 1. The number of aromatic amines is 1. The molecular weight excluding hydrogens is 368 g/mol. The van der Waals surface area contributed by atoms with E-state index in [1.807, 2.05) is 0 Å². The van der Waals surface area contributed by atoms with Crippen LogP contribution in [0.2, 0.25) is 0 Å². The lowest BCUT2D eigenvalue weighted by Crippen LogP contribution is -2.49. The lowest BCUT2D eigenvalue weighted by atomic mass is 10.0. The molecular formula is C19H19FN3O3P. The second kappa shape index (κ2) is 7.09. The van der Waals surface area contributed by atoms with Gasteiger partial charge >= 0.3 is 0 Å². The van der Waals surface area contributed by atoms with Crippen molar-refractivity contribution in [3.05, 3.63) is 75.1 Å². The largest absolute Gasteiger partial charge is 0.627 e. The van der Waals surface area contributed by atoms with Crippen LogP contribution in [0, 0.1) is 11.0 Å². The normalized spacial score (nSPS) is 22.2. The van der Waals surface area contributed by atoms with Crippen molar-refractivity contribution < 1.29 is 9.50 Å². The van der Waals surface area contributed by atoms with Crippen LogP contribution < -0.4 is 10.2 Å². The third-order valence-corrected chi connectivity index (χ3v) is 6.16. The average Bonchev–Trinajstić information content (AvgIpc) is 2.69. The number of hydrogen-bond acceptors (Lipinski definition) is 4. The van der Waals surface area contributed by atoms with Gasteiger partial charge in [-0.25, -0.2) is 9.49 Å². The quantitative estimate of drug-likeness (QED) is 0.411. The molecule has 1 aliphatic heterocycles. The summed E-state index contributed by atoms with van der Waals surface area (Å²) in [5, 5.41) is 31.2. The van der Waals surface area contributed by atoms with Crippen LogP contribution in [0.1, 0.15) is 17.4 Å². The zero-order valence-electron chi connectivity index (χ0n) is 14.5. The molecule has 0 saturated carbocycles. The number of aromatic nitrogens is 2. The van der Waals surface area contributed by atoms with Crippen LogP contribution in [-0.2, 0) is 0 Å². The van der Waals surface area contributed by atoms with Crippen LogP contribution in [0.5, 0.6) is 0 Å². The van der Waals surface area contributed by atoms with E-state index in [0.29, 0.717) is 29.4 Å². The summed E-state index contributed by atoms with van der Waals surface area (Å²) in [6, 6.07) is 10.9. The van der Waals surface area contributed by atoms with Gasteiger partial charge in [0.25, 0.3) is 5.56 Å². The van der Waals surface area contributed by atoms with Crippen LogP contribution in [0.25, 0.3) is 10.8 Å². The van der Waals surface area contributed by atoms with E-state index in [-0.39, 0.29) is 16.9 Å². The van der Waals surface area contributed by atoms with Crippen molar-refractivity contribution in [1.29, 1.82) is 0 Å². The Morgan fingerprint density at radius 3 is 2.63 bits per heavy atom. The SMILES string of the molecule is O=c1[nH]nc(C(O)c2ccc(F)c([N+]3([O-])CCPCC3)c2)c2ccccc12. The summed E-state index contributed by atoms with van der Waals surface area (Å²) in [6.45, 7) is 0.684. The van der Waals surface area contributed by atoms with Crippen LogP contribution in [-0.4, -0.2) is 40.7 Å². The first-order valence-corrected chi connectivity index (χ1v) is 10.2. The Labute approximate surface area is 156 Å². The average molecular weight is 387 g/mol. The van der Waals surface area contributed by atoms with Crippen LogP contribution in [0.15, 0.2) is 47.3 Å². The molecule has 1 fully saturated rings. The van der Waals surface area contributed by atoms with Crippen molar-refractivity contribution in [1.82, 2.24) is 14.8 Å². The molecule has 0 radical (unpaired) electrons. The highest BCUT2D eigenvalue weighted by Crippen LogP contribution is 2.35. The third kappa shape index (κ3) is 3.28. The van der Waals surface area contributed by atoms with Crippen LogP contribution >= 0.6 is 8.58 Å². The predicted octanol–water partition coefficient (Wildman–Crippen LogP) is 2.64. The molecule has 0 spiro atoms. The maximum Gasteiger partial charge on any atom is 0.272 e. The standard InChI is InChI=1S/C19H19FN3O3P/c20-15-6-5-12(11-16(15)23(26)7-9-27-10-8-23)18(24)17-13-3-1-2-4-14(13)19(25)22-21-17/h1-6,11,18,24,27H,7-10H2,(H,22,25). The fourth-order valence-electron chi connectivity index (χ4n) is 3.51. The molecule has 0 bridgehead atoms. The monoisotopic (exact) mass is 387 g/mol. The van der Waals surface area contributed by atoms with Crippen molar-refractivity contribution in [2.75, 3.05) is 25.4 Å². The molecule has 0 amide bonds. The number of aliphatic hydroxyl groups is 1. The molecule has 1 saturated heterocycles. The van der Waals surface area contributed by atoms with Crippen molar-refractivity contribution >= 4 is 25.0 Å². The molecule has 1 atom stereocenters. The number of fused-ring (bicyclic) bond motifs is 1. The van der Waals surface area contributed by atoms with Gasteiger partial charge in [0.05, 0.1) is 18.5 Å². The summed E-state index contributed by atoms with van der Waals surface area (Å²) in [7, 11) is 0.737. The summed E-state index contributed by atoms with van der Waals surface area (Å²) >= 11 is 0. The molecule has 4 rings (SSSR count). The van der Waals surface area contributed by atoms with Crippen LogP contribution in [0.4, 0.5) is 10.1 Å². The van der Waals surface area contributed by atoms with Gasteiger partial charge in [0.15, 0.2) is 11.5 Å². The molecule has 2 heterocycles. The molecule has 1 aliphatic rings. The highest BCUT2D eigenvalue weighted by atomic mass is 31.1. The molecule has 1 unspecified atom stereocenters.